The van der Waals surface area contributed by atoms with Crippen LogP contribution in [0.3, 0.4) is 0 Å². The molecule has 0 saturated carbocycles. The maximum absolute atomic E-state index is 13.0. The van der Waals surface area contributed by atoms with Gasteiger partial charge in [0.2, 0.25) is 5.91 Å². The fourth-order valence-electron chi connectivity index (χ4n) is 3.79. The minimum atomic E-state index is -0.155. The maximum Gasteiger partial charge on any atom is 0.229 e. The zero-order valence-electron chi connectivity index (χ0n) is 16.6. The monoisotopic (exact) mass is 421 g/mol. The first-order valence-corrected chi connectivity index (χ1v) is 11.9. The summed E-state index contributed by atoms with van der Waals surface area (Å²) >= 11 is 3.27. The molecule has 29 heavy (non-hydrogen) atoms. The first-order chi connectivity index (χ1) is 14.1. The minimum absolute atomic E-state index is 0.0836. The summed E-state index contributed by atoms with van der Waals surface area (Å²) in [5.74, 6) is 0.659. The van der Waals surface area contributed by atoms with E-state index in [9.17, 15) is 10.1 Å². The molecule has 2 aromatic carbocycles. The summed E-state index contributed by atoms with van der Waals surface area (Å²) < 4.78 is 0. The number of amides is 1. The Balaban J connectivity index is 1.61. The molecule has 2 aliphatic rings. The SMILES string of the molecule is CCc1ccc(N2CSC3=C(C#N)[C@H](c4ccc(SC)cc4)CC(=O)N3C2)cc1. The van der Waals surface area contributed by atoms with Crippen LogP contribution in [-0.4, -0.2) is 29.6 Å². The molecule has 4 nitrogen and oxygen atoms in total. The third-order valence-electron chi connectivity index (χ3n) is 5.52. The molecule has 0 aromatic heterocycles. The lowest BCUT2D eigenvalue weighted by Gasteiger charge is -2.42. The molecule has 148 valence electrons. The lowest BCUT2D eigenvalue weighted by atomic mass is 9.86. The molecule has 2 aliphatic heterocycles. The predicted molar refractivity (Wildman–Crippen MR) is 121 cm³/mol. The van der Waals surface area contributed by atoms with Crippen molar-refractivity contribution in [3.8, 4) is 6.07 Å². The van der Waals surface area contributed by atoms with Crippen LogP contribution < -0.4 is 4.90 Å². The van der Waals surface area contributed by atoms with Gasteiger partial charge in [0.15, 0.2) is 0 Å². The molecule has 1 saturated heterocycles. The second-order valence-corrected chi connectivity index (χ2v) is 8.97. The van der Waals surface area contributed by atoms with E-state index in [2.05, 4.69) is 54.3 Å². The van der Waals surface area contributed by atoms with Crippen LogP contribution in [0, 0.1) is 11.3 Å². The van der Waals surface area contributed by atoms with Crippen LogP contribution in [0.1, 0.15) is 30.4 Å². The lowest BCUT2D eigenvalue weighted by molar-refractivity contribution is -0.129. The predicted octanol–water partition coefficient (Wildman–Crippen LogP) is 5.19. The Morgan fingerprint density at radius 3 is 2.52 bits per heavy atom. The fraction of sp³-hybridized carbons (Fsp3) is 0.304. The zero-order valence-corrected chi connectivity index (χ0v) is 18.2. The van der Waals surface area contributed by atoms with Crippen LogP contribution >= 0.6 is 23.5 Å². The van der Waals surface area contributed by atoms with Crippen molar-refractivity contribution in [2.24, 2.45) is 0 Å². The number of anilines is 1. The van der Waals surface area contributed by atoms with Gasteiger partial charge in [0.25, 0.3) is 0 Å². The van der Waals surface area contributed by atoms with Crippen molar-refractivity contribution in [1.82, 2.24) is 4.90 Å². The Morgan fingerprint density at radius 1 is 1.17 bits per heavy atom. The highest BCUT2D eigenvalue weighted by Gasteiger charge is 2.38. The van der Waals surface area contributed by atoms with Gasteiger partial charge in [-0.2, -0.15) is 5.26 Å². The smallest absolute Gasteiger partial charge is 0.229 e. The van der Waals surface area contributed by atoms with Gasteiger partial charge in [0.1, 0.15) is 0 Å². The molecule has 6 heteroatoms. The number of rotatable bonds is 4. The molecule has 1 fully saturated rings. The van der Waals surface area contributed by atoms with Gasteiger partial charge in [-0.1, -0.05) is 43.0 Å². The number of hydrogen-bond acceptors (Lipinski definition) is 5. The number of carbonyl (C=O) groups is 1. The summed E-state index contributed by atoms with van der Waals surface area (Å²) in [5.41, 5.74) is 4.16. The zero-order chi connectivity index (χ0) is 20.4. The van der Waals surface area contributed by atoms with Crippen molar-refractivity contribution in [3.63, 3.8) is 0 Å². The normalized spacial score (nSPS) is 19.2. The molecule has 0 spiro atoms. The third-order valence-corrected chi connectivity index (χ3v) is 7.42. The summed E-state index contributed by atoms with van der Waals surface area (Å²) in [5, 5.41) is 10.7. The Kier molecular flexibility index (Phi) is 5.89. The molecule has 2 aromatic rings. The van der Waals surface area contributed by atoms with E-state index in [1.165, 1.54) is 10.5 Å². The second kappa shape index (κ2) is 8.56. The number of carbonyl (C=O) groups excluding carboxylic acids is 1. The van der Waals surface area contributed by atoms with Gasteiger partial charge in [-0.25, -0.2) is 0 Å². The van der Waals surface area contributed by atoms with E-state index < -0.39 is 0 Å². The lowest BCUT2D eigenvalue weighted by Crippen LogP contribution is -2.47. The van der Waals surface area contributed by atoms with E-state index in [1.54, 1.807) is 28.4 Å². The number of hydrogen-bond donors (Lipinski definition) is 0. The van der Waals surface area contributed by atoms with Crippen LogP contribution in [0.2, 0.25) is 0 Å². The van der Waals surface area contributed by atoms with Gasteiger partial charge in [-0.3, -0.25) is 9.69 Å². The van der Waals surface area contributed by atoms with E-state index in [0.29, 0.717) is 18.7 Å². The van der Waals surface area contributed by atoms with Gasteiger partial charge in [-0.15, -0.1) is 11.8 Å². The number of aryl methyl sites for hydroxylation is 1. The number of fused-ring (bicyclic) bond motifs is 1. The molecule has 0 N–H and O–H groups in total. The molecule has 0 bridgehead atoms. The highest BCUT2D eigenvalue weighted by Crippen LogP contribution is 2.43. The largest absolute Gasteiger partial charge is 0.344 e. The van der Waals surface area contributed by atoms with Gasteiger partial charge in [0, 0.05) is 22.9 Å². The Hall–Kier alpha value is -2.36. The molecule has 2 heterocycles. The number of benzene rings is 2. The third kappa shape index (κ3) is 3.90. The van der Waals surface area contributed by atoms with Crippen molar-refractivity contribution in [1.29, 1.82) is 5.26 Å². The Labute approximate surface area is 180 Å². The molecule has 1 amide bonds. The average Bonchev–Trinajstić information content (AvgIpc) is 2.79. The van der Waals surface area contributed by atoms with E-state index in [0.717, 1.165) is 28.6 Å². The summed E-state index contributed by atoms with van der Waals surface area (Å²) in [4.78, 5) is 18.2. The van der Waals surface area contributed by atoms with Crippen LogP contribution in [0.15, 0.2) is 64.0 Å². The van der Waals surface area contributed by atoms with Gasteiger partial charge >= 0.3 is 0 Å². The Morgan fingerprint density at radius 2 is 1.90 bits per heavy atom. The quantitative estimate of drug-likeness (QED) is 0.636. The van der Waals surface area contributed by atoms with E-state index in [-0.39, 0.29) is 11.8 Å². The second-order valence-electron chi connectivity index (χ2n) is 7.16. The van der Waals surface area contributed by atoms with Gasteiger partial charge in [-0.05, 0) is 48.1 Å². The molecule has 0 aliphatic carbocycles. The van der Waals surface area contributed by atoms with E-state index in [4.69, 9.17) is 0 Å². The number of thioether (sulfide) groups is 2. The highest BCUT2D eigenvalue weighted by atomic mass is 32.2. The van der Waals surface area contributed by atoms with Gasteiger partial charge in [0.05, 0.1) is 29.2 Å². The van der Waals surface area contributed by atoms with Crippen LogP contribution in [-0.2, 0) is 11.2 Å². The van der Waals surface area contributed by atoms with Crippen molar-refractivity contribution >= 4 is 35.1 Å². The van der Waals surface area contributed by atoms with E-state index >= 15 is 0 Å². The molecule has 1 atom stereocenters. The fourth-order valence-corrected chi connectivity index (χ4v) is 5.36. The molecule has 0 unspecified atom stereocenters. The van der Waals surface area contributed by atoms with Crippen LogP contribution in [0.25, 0.3) is 0 Å². The molecule has 4 rings (SSSR count). The average molecular weight is 422 g/mol. The topological polar surface area (TPSA) is 47.3 Å². The number of nitriles is 1. The van der Waals surface area contributed by atoms with Crippen LogP contribution in [0.5, 0.6) is 0 Å². The summed E-state index contributed by atoms with van der Waals surface area (Å²) in [6.45, 7) is 2.64. The summed E-state index contributed by atoms with van der Waals surface area (Å²) in [6, 6.07) is 19.1. The van der Waals surface area contributed by atoms with Crippen molar-refractivity contribution in [3.05, 3.63) is 70.3 Å². The van der Waals surface area contributed by atoms with E-state index in [1.807, 2.05) is 18.4 Å². The molecular formula is C23H23N3OS2. The standard InChI is InChI=1S/C23H23N3OS2/c1-3-16-4-8-18(9-5-16)25-14-26-22(27)12-20(21(13-24)23(26)29-15-25)17-6-10-19(28-2)11-7-17/h4-11,20H,3,12,14-15H2,1-2H3/t20-/m0/s1. The summed E-state index contributed by atoms with van der Waals surface area (Å²) in [7, 11) is 0. The minimum Gasteiger partial charge on any atom is -0.344 e. The van der Waals surface area contributed by atoms with Crippen molar-refractivity contribution in [2.45, 2.75) is 30.6 Å². The molecular weight excluding hydrogens is 398 g/mol. The highest BCUT2D eigenvalue weighted by molar-refractivity contribution is 8.03. The molecule has 0 radical (unpaired) electrons. The first-order valence-electron chi connectivity index (χ1n) is 9.69. The summed E-state index contributed by atoms with van der Waals surface area (Å²) in [6.07, 6.45) is 3.39. The number of nitrogens with zero attached hydrogens (tertiary/aromatic N) is 3. The maximum atomic E-state index is 13.0. The van der Waals surface area contributed by atoms with Crippen molar-refractivity contribution in [2.75, 3.05) is 23.7 Å². The number of allylic oxidation sites excluding steroid dienone is 1. The van der Waals surface area contributed by atoms with Crippen LogP contribution in [0.4, 0.5) is 5.69 Å². The Bertz CT molecular complexity index is 977. The first kappa shape index (κ1) is 19.9. The van der Waals surface area contributed by atoms with Crippen molar-refractivity contribution < 1.29 is 4.79 Å². The van der Waals surface area contributed by atoms with Gasteiger partial charge < -0.3 is 4.90 Å².